The molecule has 0 aliphatic heterocycles. The Labute approximate surface area is 261 Å². The van der Waals surface area contributed by atoms with Crippen LogP contribution in [0.15, 0.2) is 0 Å². The number of phosphoric ester groups is 1. The van der Waals surface area contributed by atoms with Gasteiger partial charge in [0.05, 0.1) is 27.7 Å². The SMILES string of the molecule is CCCCCCCCCCCCCCCC(=O)OC[C@H](COP(=O)(O)OCC[N+](C)(C)C)OC(=O)CCCCCCC=O. The van der Waals surface area contributed by atoms with Crippen molar-refractivity contribution in [1.29, 1.82) is 0 Å². The van der Waals surface area contributed by atoms with Gasteiger partial charge in [0, 0.05) is 19.3 Å². The summed E-state index contributed by atoms with van der Waals surface area (Å²) in [5.41, 5.74) is 0. The smallest absolute Gasteiger partial charge is 0.462 e. The molecule has 0 aromatic heterocycles. The molecule has 0 saturated heterocycles. The normalized spacial score (nSPS) is 13.8. The van der Waals surface area contributed by atoms with Crippen LogP contribution < -0.4 is 0 Å². The van der Waals surface area contributed by atoms with Crippen LogP contribution in [0.3, 0.4) is 0 Å². The number of aldehydes is 1. The van der Waals surface area contributed by atoms with E-state index < -0.39 is 32.5 Å². The Morgan fingerprint density at radius 3 is 1.72 bits per heavy atom. The van der Waals surface area contributed by atoms with Crippen molar-refractivity contribution in [1.82, 2.24) is 0 Å². The Morgan fingerprint density at radius 2 is 1.21 bits per heavy atom. The van der Waals surface area contributed by atoms with Gasteiger partial charge in [-0.15, -0.1) is 0 Å². The highest BCUT2D eigenvalue weighted by Crippen LogP contribution is 2.43. The van der Waals surface area contributed by atoms with Crippen LogP contribution in [-0.4, -0.2) is 81.2 Å². The van der Waals surface area contributed by atoms with E-state index in [-0.39, 0.29) is 26.1 Å². The highest BCUT2D eigenvalue weighted by Gasteiger charge is 2.27. The maximum Gasteiger partial charge on any atom is 0.472 e. The van der Waals surface area contributed by atoms with E-state index in [0.717, 1.165) is 44.8 Å². The summed E-state index contributed by atoms with van der Waals surface area (Å²) < 4.78 is 33.7. The quantitative estimate of drug-likeness (QED) is 0.0274. The lowest BCUT2D eigenvalue weighted by molar-refractivity contribution is -0.870. The van der Waals surface area contributed by atoms with Gasteiger partial charge in [0.15, 0.2) is 6.10 Å². The minimum absolute atomic E-state index is 0.0138. The molecule has 1 N–H and O–H groups in total. The topological polar surface area (TPSA) is 125 Å². The minimum atomic E-state index is -4.37. The van der Waals surface area contributed by atoms with E-state index in [9.17, 15) is 23.8 Å². The maximum atomic E-state index is 12.4. The van der Waals surface area contributed by atoms with Crippen LogP contribution in [0.5, 0.6) is 0 Å². The molecule has 0 aromatic rings. The van der Waals surface area contributed by atoms with E-state index in [1.807, 2.05) is 21.1 Å². The highest BCUT2D eigenvalue weighted by molar-refractivity contribution is 7.47. The van der Waals surface area contributed by atoms with E-state index in [2.05, 4.69) is 6.92 Å². The molecule has 0 aromatic carbocycles. The van der Waals surface area contributed by atoms with Crippen LogP contribution in [0.25, 0.3) is 0 Å². The van der Waals surface area contributed by atoms with Crippen molar-refractivity contribution in [2.45, 2.75) is 141 Å². The molecular formula is C32H63NO9P+. The number of rotatable bonds is 31. The van der Waals surface area contributed by atoms with E-state index in [4.69, 9.17) is 18.5 Å². The molecule has 0 saturated carbocycles. The Morgan fingerprint density at radius 1 is 0.721 bits per heavy atom. The third-order valence-electron chi connectivity index (χ3n) is 7.11. The predicted octanol–water partition coefficient (Wildman–Crippen LogP) is 7.30. The Bertz CT molecular complexity index is 758. The zero-order valence-corrected chi connectivity index (χ0v) is 28.6. The van der Waals surface area contributed by atoms with Gasteiger partial charge >= 0.3 is 19.8 Å². The van der Waals surface area contributed by atoms with Crippen molar-refractivity contribution >= 4 is 26.0 Å². The number of likely N-dealkylation sites (N-methyl/N-ethyl adjacent to an activating group) is 1. The van der Waals surface area contributed by atoms with Crippen LogP contribution in [-0.2, 0) is 37.5 Å². The average molecular weight is 637 g/mol. The third-order valence-corrected chi connectivity index (χ3v) is 8.09. The number of carbonyl (C=O) groups is 3. The van der Waals surface area contributed by atoms with Gasteiger partial charge in [-0.05, 0) is 19.3 Å². The Balaban J connectivity index is 4.38. The number of esters is 2. The summed E-state index contributed by atoms with van der Waals surface area (Å²) in [5, 5.41) is 0. The molecule has 0 rings (SSSR count). The summed E-state index contributed by atoms with van der Waals surface area (Å²) >= 11 is 0. The molecule has 1 unspecified atom stereocenters. The summed E-state index contributed by atoms with van der Waals surface area (Å²) in [6, 6.07) is 0. The minimum Gasteiger partial charge on any atom is -0.462 e. The largest absolute Gasteiger partial charge is 0.472 e. The van der Waals surface area contributed by atoms with Gasteiger partial charge in [0.1, 0.15) is 26.0 Å². The number of quaternary nitrogens is 1. The van der Waals surface area contributed by atoms with Crippen LogP contribution >= 0.6 is 7.82 Å². The third kappa shape index (κ3) is 30.5. The van der Waals surface area contributed by atoms with Crippen LogP contribution in [0.4, 0.5) is 0 Å². The molecule has 0 bridgehead atoms. The van der Waals surface area contributed by atoms with E-state index >= 15 is 0 Å². The van der Waals surface area contributed by atoms with Crippen molar-refractivity contribution in [3.63, 3.8) is 0 Å². The first kappa shape index (κ1) is 41.7. The van der Waals surface area contributed by atoms with Crippen molar-refractivity contribution in [3.05, 3.63) is 0 Å². The summed E-state index contributed by atoms with van der Waals surface area (Å²) in [5.74, 6) is -0.902. The number of phosphoric acid groups is 1. The van der Waals surface area contributed by atoms with Gasteiger partial charge in [0.2, 0.25) is 0 Å². The lowest BCUT2D eigenvalue weighted by Gasteiger charge is -2.24. The van der Waals surface area contributed by atoms with Crippen LogP contribution in [0, 0.1) is 0 Å². The Kier molecular flexibility index (Phi) is 26.2. The molecule has 2 atom stereocenters. The molecule has 10 nitrogen and oxygen atoms in total. The van der Waals surface area contributed by atoms with Gasteiger partial charge in [-0.1, -0.05) is 96.8 Å². The van der Waals surface area contributed by atoms with Crippen molar-refractivity contribution in [2.75, 3.05) is 47.5 Å². The molecule has 0 fully saturated rings. The fourth-order valence-electron chi connectivity index (χ4n) is 4.40. The lowest BCUT2D eigenvalue weighted by atomic mass is 10.0. The average Bonchev–Trinajstić information content (AvgIpc) is 2.93. The second kappa shape index (κ2) is 27.0. The highest BCUT2D eigenvalue weighted by atomic mass is 31.2. The second-order valence-electron chi connectivity index (χ2n) is 12.5. The number of unbranched alkanes of at least 4 members (excludes halogenated alkanes) is 16. The number of hydrogen-bond acceptors (Lipinski definition) is 8. The summed E-state index contributed by atoms with van der Waals surface area (Å²) in [7, 11) is 1.41. The number of hydrogen-bond donors (Lipinski definition) is 1. The number of ether oxygens (including phenoxy) is 2. The standard InChI is InChI=1S/C32H62NO9P/c1-5-6-7-8-9-10-11-12-13-14-15-17-20-23-31(35)39-28-30(42-32(36)24-21-18-16-19-22-26-34)29-41-43(37,38)40-27-25-33(2,3)4/h26,30H,5-25,27-29H2,1-4H3/p+1/t30-/m1/s1. The number of carbonyl (C=O) groups excluding carboxylic acids is 3. The first-order valence-electron chi connectivity index (χ1n) is 16.7. The number of nitrogens with zero attached hydrogens (tertiary/aromatic N) is 1. The van der Waals surface area contributed by atoms with Gasteiger partial charge in [-0.2, -0.15) is 0 Å². The van der Waals surface area contributed by atoms with E-state index in [1.165, 1.54) is 64.2 Å². The zero-order chi connectivity index (χ0) is 32.2. The zero-order valence-electron chi connectivity index (χ0n) is 27.7. The molecule has 0 heterocycles. The molecule has 0 radical (unpaired) electrons. The fourth-order valence-corrected chi connectivity index (χ4v) is 5.14. The molecular weight excluding hydrogens is 573 g/mol. The van der Waals surface area contributed by atoms with Crippen molar-refractivity contribution in [2.24, 2.45) is 0 Å². The van der Waals surface area contributed by atoms with Crippen LogP contribution in [0.1, 0.15) is 135 Å². The van der Waals surface area contributed by atoms with Crippen molar-refractivity contribution in [3.8, 4) is 0 Å². The predicted molar refractivity (Wildman–Crippen MR) is 170 cm³/mol. The fraction of sp³-hybridized carbons (Fsp3) is 0.906. The molecule has 0 aliphatic carbocycles. The Hall–Kier alpha value is -1.32. The van der Waals surface area contributed by atoms with Gasteiger partial charge in [0.25, 0.3) is 0 Å². The first-order valence-corrected chi connectivity index (χ1v) is 18.2. The summed E-state index contributed by atoms with van der Waals surface area (Å²) in [6.07, 6.45) is 19.6. The molecule has 0 spiro atoms. The van der Waals surface area contributed by atoms with Gasteiger partial charge < -0.3 is 23.6 Å². The van der Waals surface area contributed by atoms with Crippen molar-refractivity contribution < 1.29 is 46.8 Å². The molecule has 11 heteroatoms. The monoisotopic (exact) mass is 636 g/mol. The van der Waals surface area contributed by atoms with Gasteiger partial charge in [-0.25, -0.2) is 4.57 Å². The van der Waals surface area contributed by atoms with Crippen LogP contribution in [0.2, 0.25) is 0 Å². The summed E-state index contributed by atoms with van der Waals surface area (Å²) in [6.45, 7) is 2.05. The maximum absolute atomic E-state index is 12.4. The summed E-state index contributed by atoms with van der Waals surface area (Å²) in [4.78, 5) is 45.1. The van der Waals surface area contributed by atoms with E-state index in [0.29, 0.717) is 23.9 Å². The lowest BCUT2D eigenvalue weighted by Crippen LogP contribution is -2.37. The first-order chi connectivity index (χ1) is 20.5. The molecule has 0 aliphatic rings. The molecule has 254 valence electrons. The second-order valence-corrected chi connectivity index (χ2v) is 14.0. The van der Waals surface area contributed by atoms with Gasteiger partial charge in [-0.3, -0.25) is 18.6 Å². The molecule has 0 amide bonds. The molecule has 43 heavy (non-hydrogen) atoms. The van der Waals surface area contributed by atoms with E-state index in [1.54, 1.807) is 0 Å².